The van der Waals surface area contributed by atoms with Gasteiger partial charge in [-0.1, -0.05) is 27.7 Å². The minimum atomic E-state index is -1.12. The highest BCUT2D eigenvalue weighted by Gasteiger charge is 2.53. The van der Waals surface area contributed by atoms with Crippen molar-refractivity contribution in [2.24, 2.45) is 17.3 Å². The summed E-state index contributed by atoms with van der Waals surface area (Å²) < 4.78 is 0. The van der Waals surface area contributed by atoms with Crippen molar-refractivity contribution in [3.63, 3.8) is 0 Å². The van der Waals surface area contributed by atoms with Gasteiger partial charge in [-0.3, -0.25) is 20.2 Å². The minimum absolute atomic E-state index is 0.120. The number of urea groups is 1. The second-order valence-corrected chi connectivity index (χ2v) is 4.59. The molecular weight excluding hydrogens is 208 g/mol. The Balaban J connectivity index is 3.15. The van der Waals surface area contributed by atoms with Gasteiger partial charge < -0.3 is 0 Å². The Morgan fingerprint density at radius 1 is 1.06 bits per heavy atom. The first-order valence-electron chi connectivity index (χ1n) is 5.53. The van der Waals surface area contributed by atoms with Crippen molar-refractivity contribution in [2.45, 2.75) is 34.1 Å². The summed E-state index contributed by atoms with van der Waals surface area (Å²) in [5, 5.41) is 4.36. The van der Waals surface area contributed by atoms with Crippen LogP contribution in [0.15, 0.2) is 0 Å². The smallest absolute Gasteiger partial charge is 0.277 e. The van der Waals surface area contributed by atoms with E-state index in [2.05, 4.69) is 10.6 Å². The molecule has 1 aliphatic heterocycles. The summed E-state index contributed by atoms with van der Waals surface area (Å²) in [6, 6.07) is -0.727. The van der Waals surface area contributed by atoms with E-state index in [-0.39, 0.29) is 11.8 Å². The van der Waals surface area contributed by atoms with Gasteiger partial charge in [0.25, 0.3) is 0 Å². The van der Waals surface area contributed by atoms with E-state index >= 15 is 0 Å². The highest BCUT2D eigenvalue weighted by atomic mass is 16.2. The molecule has 0 radical (unpaired) electrons. The van der Waals surface area contributed by atoms with Crippen molar-refractivity contribution in [3.05, 3.63) is 0 Å². The molecule has 2 N–H and O–H groups in total. The van der Waals surface area contributed by atoms with Crippen molar-refractivity contribution in [1.29, 1.82) is 0 Å². The third-order valence-corrected chi connectivity index (χ3v) is 3.60. The van der Waals surface area contributed by atoms with Crippen LogP contribution < -0.4 is 10.6 Å². The lowest BCUT2D eigenvalue weighted by molar-refractivity contribution is -0.149. The summed E-state index contributed by atoms with van der Waals surface area (Å²) >= 11 is 0. The Morgan fingerprint density at radius 2 is 1.50 bits per heavy atom. The fourth-order valence-electron chi connectivity index (χ4n) is 2.19. The predicted octanol–water partition coefficient (Wildman–Crippen LogP) is 1.04. The SMILES string of the molecule is CCC1(C(C)C(C)C)C(=O)NC(=O)NC1=O. The van der Waals surface area contributed by atoms with Crippen molar-refractivity contribution < 1.29 is 14.4 Å². The number of carbonyl (C=O) groups is 3. The van der Waals surface area contributed by atoms with Gasteiger partial charge in [-0.15, -0.1) is 0 Å². The lowest BCUT2D eigenvalue weighted by Gasteiger charge is -2.39. The molecule has 0 saturated carbocycles. The number of hydrogen-bond acceptors (Lipinski definition) is 3. The van der Waals surface area contributed by atoms with Crippen LogP contribution in [0.5, 0.6) is 0 Å². The number of imide groups is 2. The summed E-state index contributed by atoms with van der Waals surface area (Å²) in [4.78, 5) is 34.9. The van der Waals surface area contributed by atoms with Crippen LogP contribution in [0.1, 0.15) is 34.1 Å². The number of amides is 4. The third-order valence-electron chi connectivity index (χ3n) is 3.60. The largest absolute Gasteiger partial charge is 0.328 e. The number of hydrogen-bond donors (Lipinski definition) is 2. The van der Waals surface area contributed by atoms with Crippen molar-refractivity contribution in [2.75, 3.05) is 0 Å². The van der Waals surface area contributed by atoms with Crippen LogP contribution in [-0.4, -0.2) is 17.8 Å². The average Bonchev–Trinajstić information content (AvgIpc) is 2.17. The lowest BCUT2D eigenvalue weighted by Crippen LogP contribution is -2.64. The molecule has 0 aromatic rings. The fourth-order valence-corrected chi connectivity index (χ4v) is 2.19. The summed E-state index contributed by atoms with van der Waals surface area (Å²) in [7, 11) is 0. The Bertz CT molecular complexity index is 316. The Hall–Kier alpha value is -1.39. The highest BCUT2D eigenvalue weighted by molar-refractivity contribution is 6.19. The van der Waals surface area contributed by atoms with Crippen molar-refractivity contribution in [1.82, 2.24) is 10.6 Å². The molecule has 1 fully saturated rings. The Morgan fingerprint density at radius 3 is 1.81 bits per heavy atom. The van der Waals surface area contributed by atoms with E-state index in [0.717, 1.165) is 0 Å². The molecule has 0 bridgehead atoms. The van der Waals surface area contributed by atoms with E-state index in [1.165, 1.54) is 0 Å². The quantitative estimate of drug-likeness (QED) is 0.706. The molecule has 16 heavy (non-hydrogen) atoms. The van der Waals surface area contributed by atoms with Crippen LogP contribution in [-0.2, 0) is 9.59 Å². The van der Waals surface area contributed by atoms with E-state index in [1.807, 2.05) is 20.8 Å². The zero-order valence-corrected chi connectivity index (χ0v) is 10.1. The summed E-state index contributed by atoms with van der Waals surface area (Å²) in [6.45, 7) is 7.56. The Kier molecular flexibility index (Phi) is 3.35. The molecule has 1 aliphatic rings. The summed E-state index contributed by atoms with van der Waals surface area (Å²) in [5.41, 5.74) is -1.12. The number of barbiturate groups is 1. The maximum Gasteiger partial charge on any atom is 0.328 e. The first-order valence-corrected chi connectivity index (χ1v) is 5.53. The minimum Gasteiger partial charge on any atom is -0.277 e. The molecule has 0 aliphatic carbocycles. The molecule has 4 amide bonds. The molecule has 5 nitrogen and oxygen atoms in total. The van der Waals surface area contributed by atoms with E-state index < -0.39 is 23.3 Å². The molecule has 0 aromatic carbocycles. The van der Waals surface area contributed by atoms with Gasteiger partial charge in [0.1, 0.15) is 5.41 Å². The predicted molar refractivity (Wildman–Crippen MR) is 58.4 cm³/mol. The van der Waals surface area contributed by atoms with Crippen LogP contribution in [0.4, 0.5) is 4.79 Å². The second kappa shape index (κ2) is 4.23. The summed E-state index contributed by atoms with van der Waals surface area (Å²) in [5.74, 6) is -0.898. The molecule has 5 heteroatoms. The molecule has 1 saturated heterocycles. The number of nitrogens with one attached hydrogen (secondary N) is 2. The van der Waals surface area contributed by atoms with Crippen LogP contribution in [0.3, 0.4) is 0 Å². The maximum absolute atomic E-state index is 11.9. The van der Waals surface area contributed by atoms with Gasteiger partial charge in [0.05, 0.1) is 0 Å². The molecule has 90 valence electrons. The van der Waals surface area contributed by atoms with E-state index in [0.29, 0.717) is 6.42 Å². The molecular formula is C11H18N2O3. The van der Waals surface area contributed by atoms with Gasteiger partial charge in [0, 0.05) is 0 Å². The molecule has 0 aromatic heterocycles. The van der Waals surface area contributed by atoms with Crippen molar-refractivity contribution >= 4 is 17.8 Å². The first-order chi connectivity index (χ1) is 7.36. The van der Waals surface area contributed by atoms with Crippen LogP contribution in [0.25, 0.3) is 0 Å². The van der Waals surface area contributed by atoms with Gasteiger partial charge in [-0.2, -0.15) is 0 Å². The van der Waals surface area contributed by atoms with Crippen molar-refractivity contribution in [3.8, 4) is 0 Å². The topological polar surface area (TPSA) is 75.3 Å². The van der Waals surface area contributed by atoms with Gasteiger partial charge in [-0.05, 0) is 18.3 Å². The number of rotatable bonds is 3. The average molecular weight is 226 g/mol. The maximum atomic E-state index is 11.9. The molecule has 1 unspecified atom stereocenters. The molecule has 1 heterocycles. The molecule has 0 spiro atoms. The zero-order chi connectivity index (χ0) is 12.5. The Labute approximate surface area is 95.0 Å². The number of carbonyl (C=O) groups excluding carboxylic acids is 3. The molecule has 1 rings (SSSR count). The normalized spacial score (nSPS) is 21.7. The van der Waals surface area contributed by atoms with Gasteiger partial charge in [-0.25, -0.2) is 4.79 Å². The van der Waals surface area contributed by atoms with E-state index in [9.17, 15) is 14.4 Å². The van der Waals surface area contributed by atoms with Gasteiger partial charge in [0.2, 0.25) is 11.8 Å². The lowest BCUT2D eigenvalue weighted by atomic mass is 9.67. The highest BCUT2D eigenvalue weighted by Crippen LogP contribution is 2.38. The van der Waals surface area contributed by atoms with Gasteiger partial charge >= 0.3 is 6.03 Å². The van der Waals surface area contributed by atoms with E-state index in [4.69, 9.17) is 0 Å². The van der Waals surface area contributed by atoms with E-state index in [1.54, 1.807) is 6.92 Å². The zero-order valence-electron chi connectivity index (χ0n) is 10.1. The standard InChI is InChI=1S/C11H18N2O3/c1-5-11(7(4)6(2)3)8(14)12-10(16)13-9(11)15/h6-7H,5H2,1-4H3,(H2,12,13,14,15,16). The molecule has 1 atom stereocenters. The summed E-state index contributed by atoms with van der Waals surface area (Å²) in [6.07, 6.45) is 0.386. The second-order valence-electron chi connectivity index (χ2n) is 4.59. The first kappa shape index (κ1) is 12.7. The third kappa shape index (κ3) is 1.70. The van der Waals surface area contributed by atoms with Crippen LogP contribution in [0, 0.1) is 17.3 Å². The fraction of sp³-hybridized carbons (Fsp3) is 0.727. The van der Waals surface area contributed by atoms with Gasteiger partial charge in [0.15, 0.2) is 0 Å². The monoisotopic (exact) mass is 226 g/mol. The van der Waals surface area contributed by atoms with Crippen LogP contribution >= 0.6 is 0 Å². The van der Waals surface area contributed by atoms with Crippen LogP contribution in [0.2, 0.25) is 0 Å².